The third-order valence-electron chi connectivity index (χ3n) is 3.55. The summed E-state index contributed by atoms with van der Waals surface area (Å²) in [6.07, 6.45) is 5.23. The normalized spacial score (nSPS) is 17.5. The predicted molar refractivity (Wildman–Crippen MR) is 75.6 cm³/mol. The first-order chi connectivity index (χ1) is 8.38. The van der Waals surface area contributed by atoms with E-state index in [2.05, 4.69) is 29.7 Å². The minimum absolute atomic E-state index is 0.943. The van der Waals surface area contributed by atoms with Crippen LogP contribution in [0, 0.1) is 5.92 Å². The fourth-order valence-electron chi connectivity index (χ4n) is 2.40. The Hall–Kier alpha value is -0.380. The van der Waals surface area contributed by atoms with Crippen molar-refractivity contribution < 1.29 is 0 Å². The Balaban J connectivity index is 1.59. The van der Waals surface area contributed by atoms with E-state index in [0.717, 1.165) is 12.5 Å². The van der Waals surface area contributed by atoms with E-state index in [9.17, 15) is 0 Å². The summed E-state index contributed by atoms with van der Waals surface area (Å²) >= 11 is 1.95. The SMILES string of the molecule is CCc1ccc(CNCCC2CCNCC2)s1. The topological polar surface area (TPSA) is 24.1 Å². The lowest BCUT2D eigenvalue weighted by Gasteiger charge is -2.22. The van der Waals surface area contributed by atoms with Crippen LogP contribution >= 0.6 is 11.3 Å². The molecule has 1 aliphatic rings. The number of rotatable bonds is 6. The molecule has 17 heavy (non-hydrogen) atoms. The molecule has 0 aliphatic carbocycles. The Morgan fingerprint density at radius 1 is 1.29 bits per heavy atom. The molecule has 0 unspecified atom stereocenters. The summed E-state index contributed by atoms with van der Waals surface area (Å²) in [5, 5.41) is 7.00. The summed E-state index contributed by atoms with van der Waals surface area (Å²) in [6.45, 7) is 6.88. The summed E-state index contributed by atoms with van der Waals surface area (Å²) < 4.78 is 0. The second-order valence-electron chi connectivity index (χ2n) is 4.88. The Morgan fingerprint density at radius 3 is 2.76 bits per heavy atom. The molecule has 0 amide bonds. The molecule has 0 spiro atoms. The van der Waals surface area contributed by atoms with Gasteiger partial charge in [0, 0.05) is 16.3 Å². The second-order valence-corrected chi connectivity index (χ2v) is 6.13. The van der Waals surface area contributed by atoms with E-state index in [1.807, 2.05) is 11.3 Å². The Labute approximate surface area is 109 Å². The Morgan fingerprint density at radius 2 is 2.06 bits per heavy atom. The average molecular weight is 252 g/mol. The number of hydrogen-bond acceptors (Lipinski definition) is 3. The number of nitrogens with one attached hydrogen (secondary N) is 2. The van der Waals surface area contributed by atoms with E-state index in [1.165, 1.54) is 55.1 Å². The molecule has 96 valence electrons. The number of thiophene rings is 1. The highest BCUT2D eigenvalue weighted by Crippen LogP contribution is 2.17. The van der Waals surface area contributed by atoms with Crippen LogP contribution in [0.4, 0.5) is 0 Å². The molecule has 1 aliphatic heterocycles. The number of piperidine rings is 1. The maximum absolute atomic E-state index is 3.58. The zero-order valence-electron chi connectivity index (χ0n) is 10.8. The molecule has 0 bridgehead atoms. The second kappa shape index (κ2) is 7.14. The monoisotopic (exact) mass is 252 g/mol. The third-order valence-corrected chi connectivity index (χ3v) is 4.78. The van der Waals surface area contributed by atoms with Gasteiger partial charge in [0.05, 0.1) is 0 Å². The van der Waals surface area contributed by atoms with Gasteiger partial charge in [-0.1, -0.05) is 6.92 Å². The van der Waals surface area contributed by atoms with Gasteiger partial charge >= 0.3 is 0 Å². The van der Waals surface area contributed by atoms with Crippen molar-refractivity contribution in [2.75, 3.05) is 19.6 Å². The first-order valence-corrected chi connectivity index (χ1v) is 7.69. The quantitative estimate of drug-likeness (QED) is 0.761. The van der Waals surface area contributed by atoms with Gasteiger partial charge in [0.15, 0.2) is 0 Å². The van der Waals surface area contributed by atoms with Crippen LogP contribution in [-0.2, 0) is 13.0 Å². The molecule has 1 saturated heterocycles. The molecular formula is C14H24N2S. The van der Waals surface area contributed by atoms with Crippen molar-refractivity contribution in [1.82, 2.24) is 10.6 Å². The fraction of sp³-hybridized carbons (Fsp3) is 0.714. The minimum Gasteiger partial charge on any atom is -0.317 e. The molecule has 2 rings (SSSR count). The van der Waals surface area contributed by atoms with Gasteiger partial charge in [-0.2, -0.15) is 0 Å². The molecular weight excluding hydrogens is 228 g/mol. The largest absolute Gasteiger partial charge is 0.317 e. The molecule has 0 atom stereocenters. The molecule has 3 heteroatoms. The maximum Gasteiger partial charge on any atom is 0.0299 e. The van der Waals surface area contributed by atoms with Crippen molar-refractivity contribution in [1.29, 1.82) is 0 Å². The Bertz CT molecular complexity index is 316. The molecule has 1 fully saturated rings. The molecule has 0 saturated carbocycles. The maximum atomic E-state index is 3.58. The summed E-state index contributed by atoms with van der Waals surface area (Å²) in [7, 11) is 0. The van der Waals surface area contributed by atoms with Crippen LogP contribution in [-0.4, -0.2) is 19.6 Å². The highest BCUT2D eigenvalue weighted by Gasteiger charge is 2.11. The van der Waals surface area contributed by atoms with Crippen LogP contribution in [0.2, 0.25) is 0 Å². The predicted octanol–water partition coefficient (Wildman–Crippen LogP) is 2.79. The Kier molecular flexibility index (Phi) is 5.49. The third kappa shape index (κ3) is 4.41. The summed E-state index contributed by atoms with van der Waals surface area (Å²) in [6, 6.07) is 4.52. The van der Waals surface area contributed by atoms with Gasteiger partial charge in [-0.3, -0.25) is 0 Å². The number of aryl methyl sites for hydroxylation is 1. The van der Waals surface area contributed by atoms with E-state index in [0.29, 0.717) is 0 Å². The minimum atomic E-state index is 0.943. The van der Waals surface area contributed by atoms with Crippen LogP contribution in [0.25, 0.3) is 0 Å². The van der Waals surface area contributed by atoms with Crippen molar-refractivity contribution >= 4 is 11.3 Å². The van der Waals surface area contributed by atoms with Crippen LogP contribution in [0.5, 0.6) is 0 Å². The average Bonchev–Trinajstić information content (AvgIpc) is 2.84. The lowest BCUT2D eigenvalue weighted by atomic mass is 9.95. The van der Waals surface area contributed by atoms with Crippen LogP contribution < -0.4 is 10.6 Å². The van der Waals surface area contributed by atoms with E-state index in [4.69, 9.17) is 0 Å². The first-order valence-electron chi connectivity index (χ1n) is 6.87. The van der Waals surface area contributed by atoms with E-state index >= 15 is 0 Å². The molecule has 0 aromatic carbocycles. The lowest BCUT2D eigenvalue weighted by molar-refractivity contribution is 0.348. The van der Waals surface area contributed by atoms with Gasteiger partial charge in [0.2, 0.25) is 0 Å². The zero-order valence-corrected chi connectivity index (χ0v) is 11.6. The standard InChI is InChI=1S/C14H24N2S/c1-2-13-3-4-14(17-13)11-16-10-7-12-5-8-15-9-6-12/h3-4,12,15-16H,2,5-11H2,1H3. The molecule has 2 N–H and O–H groups in total. The highest BCUT2D eigenvalue weighted by atomic mass is 32.1. The van der Waals surface area contributed by atoms with Crippen molar-refractivity contribution in [3.05, 3.63) is 21.9 Å². The lowest BCUT2D eigenvalue weighted by Crippen LogP contribution is -2.29. The smallest absolute Gasteiger partial charge is 0.0299 e. The first kappa shape index (κ1) is 13.1. The van der Waals surface area contributed by atoms with Gasteiger partial charge < -0.3 is 10.6 Å². The van der Waals surface area contributed by atoms with E-state index in [-0.39, 0.29) is 0 Å². The van der Waals surface area contributed by atoms with Crippen molar-refractivity contribution in [2.24, 2.45) is 5.92 Å². The van der Waals surface area contributed by atoms with Crippen molar-refractivity contribution in [2.45, 2.75) is 39.2 Å². The van der Waals surface area contributed by atoms with Crippen LogP contribution in [0.1, 0.15) is 35.9 Å². The molecule has 1 aromatic heterocycles. The molecule has 1 aromatic rings. The molecule has 0 radical (unpaired) electrons. The van der Waals surface area contributed by atoms with Crippen LogP contribution in [0.15, 0.2) is 12.1 Å². The fourth-order valence-corrected chi connectivity index (χ4v) is 3.32. The van der Waals surface area contributed by atoms with Crippen molar-refractivity contribution in [3.8, 4) is 0 Å². The van der Waals surface area contributed by atoms with Gasteiger partial charge in [-0.05, 0) is 63.4 Å². The molecule has 2 heterocycles. The van der Waals surface area contributed by atoms with Gasteiger partial charge in [0.1, 0.15) is 0 Å². The van der Waals surface area contributed by atoms with Gasteiger partial charge in [0.25, 0.3) is 0 Å². The summed E-state index contributed by atoms with van der Waals surface area (Å²) in [4.78, 5) is 2.98. The van der Waals surface area contributed by atoms with E-state index in [1.54, 1.807) is 0 Å². The van der Waals surface area contributed by atoms with Crippen LogP contribution in [0.3, 0.4) is 0 Å². The van der Waals surface area contributed by atoms with E-state index < -0.39 is 0 Å². The van der Waals surface area contributed by atoms with Gasteiger partial charge in [-0.15, -0.1) is 11.3 Å². The molecule has 2 nitrogen and oxygen atoms in total. The highest BCUT2D eigenvalue weighted by molar-refractivity contribution is 7.11. The van der Waals surface area contributed by atoms with Crippen molar-refractivity contribution in [3.63, 3.8) is 0 Å². The van der Waals surface area contributed by atoms with Gasteiger partial charge in [-0.25, -0.2) is 0 Å². The summed E-state index contributed by atoms with van der Waals surface area (Å²) in [5.74, 6) is 0.943. The number of hydrogen-bond donors (Lipinski definition) is 2. The zero-order chi connectivity index (χ0) is 11.9. The summed E-state index contributed by atoms with van der Waals surface area (Å²) in [5.41, 5.74) is 0.